The third-order valence-electron chi connectivity index (χ3n) is 22.7. The summed E-state index contributed by atoms with van der Waals surface area (Å²) in [5, 5.41) is 20.5. The van der Waals surface area contributed by atoms with Gasteiger partial charge < -0.3 is 40.5 Å². The molecule has 6 atom stereocenters. The smallest absolute Gasteiger partial charge is 0.391 e. The summed E-state index contributed by atoms with van der Waals surface area (Å²) in [6.07, 6.45) is 9.45. The van der Waals surface area contributed by atoms with Crippen LogP contribution in [0.3, 0.4) is 0 Å². The maximum absolute atomic E-state index is 14.4. The van der Waals surface area contributed by atoms with Gasteiger partial charge in [-0.15, -0.1) is 23.1 Å². The number of β-amino-alcohol motifs (C(OH)–C–C–N with tert-alkyl or cyclic N) is 1. The fourth-order valence-electron chi connectivity index (χ4n) is 16.1. The van der Waals surface area contributed by atoms with Crippen molar-refractivity contribution < 1.29 is 63.8 Å². The molecule has 0 saturated carbocycles. The Morgan fingerprint density at radius 2 is 1.40 bits per heavy atom. The van der Waals surface area contributed by atoms with E-state index in [2.05, 4.69) is 59.6 Å². The number of hydrogen-bond acceptors (Lipinski definition) is 19. The summed E-state index contributed by atoms with van der Waals surface area (Å²) in [5.74, 6) is -1.49. The van der Waals surface area contributed by atoms with Gasteiger partial charge >= 0.3 is 5.51 Å². The molecule has 4 aliphatic heterocycles. The average molecular weight is 1680 g/mol. The fourth-order valence-corrected chi connectivity index (χ4v) is 20.0. The second kappa shape index (κ2) is 39.9. The number of alkyl halides is 3. The zero-order valence-corrected chi connectivity index (χ0v) is 70.8. The quantitative estimate of drug-likeness (QED) is 0.0186. The van der Waals surface area contributed by atoms with E-state index in [4.69, 9.17) is 16.3 Å². The summed E-state index contributed by atoms with van der Waals surface area (Å²) in [6.45, 7) is 22.3. The van der Waals surface area contributed by atoms with E-state index in [9.17, 15) is 59.1 Å². The van der Waals surface area contributed by atoms with Gasteiger partial charge in [-0.25, -0.2) is 26.5 Å². The normalized spacial score (nSPS) is 19.9. The van der Waals surface area contributed by atoms with E-state index in [1.54, 1.807) is 23.5 Å². The highest BCUT2D eigenvalue weighted by Crippen LogP contribution is 2.45. The number of allylic oxidation sites excluding steroid dienone is 1. The monoisotopic (exact) mass is 1680 g/mol. The van der Waals surface area contributed by atoms with Crippen LogP contribution in [-0.4, -0.2) is 221 Å². The number of unbranched alkanes of at least 4 members (excludes halogenated alkanes) is 6. The second-order valence-electron chi connectivity index (χ2n) is 32.6. The first-order chi connectivity index (χ1) is 54.8. The zero-order chi connectivity index (χ0) is 82.2. The molecule has 5 heterocycles. The number of morpholine rings is 1. The lowest BCUT2D eigenvalue weighted by Crippen LogP contribution is -2.57. The number of nitrogens with one attached hydrogen (secondary N) is 4. The van der Waals surface area contributed by atoms with Crippen molar-refractivity contribution in [2.75, 3.05) is 121 Å². The van der Waals surface area contributed by atoms with Crippen molar-refractivity contribution in [2.45, 2.75) is 182 Å². The van der Waals surface area contributed by atoms with Gasteiger partial charge in [-0.2, -0.15) is 13.2 Å². The fraction of sp³-hybridized carbons (Fsp3) is 0.529. The van der Waals surface area contributed by atoms with E-state index in [0.29, 0.717) is 95.1 Å². The topological polar surface area (TPSA) is 264 Å². The highest BCUT2D eigenvalue weighted by molar-refractivity contribution is 7.99. The predicted molar refractivity (Wildman–Crippen MR) is 447 cm³/mol. The molecule has 0 radical (unpaired) electrons. The van der Waals surface area contributed by atoms with Gasteiger partial charge in [0.05, 0.1) is 52.0 Å². The van der Waals surface area contributed by atoms with Crippen molar-refractivity contribution in [2.24, 2.45) is 10.8 Å². The van der Waals surface area contributed by atoms with Crippen molar-refractivity contribution in [3.63, 3.8) is 0 Å². The number of piperazine rings is 2. The molecule has 5 aliphatic rings. The lowest BCUT2D eigenvalue weighted by molar-refractivity contribution is -0.144. The Labute approximate surface area is 689 Å². The summed E-state index contributed by atoms with van der Waals surface area (Å²) in [4.78, 5) is 85.7. The molecule has 5 N–H and O–H groups in total. The van der Waals surface area contributed by atoms with Crippen molar-refractivity contribution in [3.8, 4) is 10.4 Å². The number of thiazole rings is 1. The number of aryl methyl sites for hydroxylation is 1. The SMILES string of the molecule is Cc1ncsc1-c1ccc(C(C)NC(=O)C2CC(O)CN2C(=O)C(NC(=O)CCCCCCCCCC(=O)N2CCN(CC3(C)CCC(c4ccc(Cl)cc4)=C(CN4CCN(c5ccc(C(=O)NS(=O)(=O)c6ccc(NC(CCN7CCOCC7)CSc7ccccc7)c(S(=O)(=O)C(F)(F)F)c6)cc5)CC4)C3)CC2)C(C)(C)C)cc1. The Bertz CT molecular complexity index is 4560. The number of ether oxygens (including phenoxy) is 1. The first-order valence-electron chi connectivity index (χ1n) is 40.2. The Hall–Kier alpha value is -7.45. The Kier molecular flexibility index (Phi) is 30.6. The van der Waals surface area contributed by atoms with Gasteiger partial charge in [0.15, 0.2) is 0 Å². The van der Waals surface area contributed by atoms with Crippen LogP contribution in [0.25, 0.3) is 16.0 Å². The molecule has 5 aromatic carbocycles. The zero-order valence-electron chi connectivity index (χ0n) is 66.7. The standard InChI is InChI=1S/C85H111ClF3N11O11S4/c1-59(61-21-23-63(24-22-61)78-60(2)90-58-113-78)91-81(105)74-51-69(101)55-100(74)82(106)79(83(3,4)5)93-76(102)19-15-10-8-7-9-11-16-20-77(103)99-45-41-97(42-46-99)57-84(6)37-35-72(62-25-29-66(86)30-26-62)65(53-84)54-96-39-43-98(44-40-96)68-31-27-64(28-32-68)80(104)94-115(109,110)71-33-34-73(75(52-71)114(107,108)85(87,88)89)92-67(36-38-95-47-49-111-50-48-95)56-112-70-17-13-12-14-18-70/h12-14,17-18,21-34,52,58-59,67,69,74,79,92,101H,7-11,15-16,19-20,35-51,53-57H2,1-6H3,(H,91,105)(H,93,102)(H,94,104). The summed E-state index contributed by atoms with van der Waals surface area (Å²) >= 11 is 9.41. The maximum atomic E-state index is 14.4. The summed E-state index contributed by atoms with van der Waals surface area (Å²) in [7, 11) is -11.0. The lowest BCUT2D eigenvalue weighted by Gasteiger charge is -2.44. The molecule has 1 aromatic heterocycles. The summed E-state index contributed by atoms with van der Waals surface area (Å²) in [6, 6.07) is 31.5. The molecular weight excluding hydrogens is 1570 g/mol. The number of aliphatic hydroxyl groups excluding tert-OH is 1. The maximum Gasteiger partial charge on any atom is 0.501 e. The van der Waals surface area contributed by atoms with E-state index in [-0.39, 0.29) is 60.0 Å². The molecule has 4 saturated heterocycles. The van der Waals surface area contributed by atoms with Crippen LogP contribution in [0.15, 0.2) is 147 Å². The molecule has 4 fully saturated rings. The van der Waals surface area contributed by atoms with Crippen molar-refractivity contribution in [3.05, 3.63) is 160 Å². The van der Waals surface area contributed by atoms with Crippen LogP contribution in [0.1, 0.15) is 158 Å². The van der Waals surface area contributed by atoms with E-state index in [1.807, 2.05) is 116 Å². The first kappa shape index (κ1) is 88.4. The average Bonchev–Trinajstić information content (AvgIpc) is 1.36. The lowest BCUT2D eigenvalue weighted by atomic mass is 9.71. The highest BCUT2D eigenvalue weighted by atomic mass is 35.5. The Balaban J connectivity index is 0.596. The number of benzene rings is 5. The van der Waals surface area contributed by atoms with Gasteiger partial charge in [0.2, 0.25) is 23.6 Å². The number of sulfone groups is 1. The molecule has 6 aromatic rings. The van der Waals surface area contributed by atoms with E-state index < -0.39 is 76.4 Å². The number of amides is 5. The van der Waals surface area contributed by atoms with Gasteiger partial charge in [-0.1, -0.05) is 132 Å². The van der Waals surface area contributed by atoms with Crippen LogP contribution < -0.4 is 25.6 Å². The second-order valence-corrected chi connectivity index (χ2v) is 38.6. The number of thioether (sulfide) groups is 1. The van der Waals surface area contributed by atoms with Crippen molar-refractivity contribution in [1.29, 1.82) is 0 Å². The van der Waals surface area contributed by atoms with Crippen LogP contribution in [-0.2, 0) is 43.8 Å². The molecule has 22 nitrogen and oxygen atoms in total. The number of aliphatic hydroxyl groups is 1. The molecule has 11 rings (SSSR count). The molecule has 0 spiro atoms. The number of halogens is 4. The minimum atomic E-state index is -6.11. The van der Waals surface area contributed by atoms with E-state index >= 15 is 0 Å². The summed E-state index contributed by atoms with van der Waals surface area (Å²) in [5.41, 5.74) is 2.52. The van der Waals surface area contributed by atoms with Crippen LogP contribution in [0, 0.1) is 17.8 Å². The number of likely N-dealkylation sites (tertiary alicyclic amines) is 1. The van der Waals surface area contributed by atoms with Crippen LogP contribution in [0.2, 0.25) is 5.02 Å². The minimum Gasteiger partial charge on any atom is -0.391 e. The van der Waals surface area contributed by atoms with Gasteiger partial charge in [0.1, 0.15) is 17.0 Å². The number of sulfonamides is 1. The molecule has 30 heteroatoms. The number of hydrogen-bond donors (Lipinski definition) is 5. The largest absolute Gasteiger partial charge is 0.501 e. The molecule has 0 bridgehead atoms. The number of rotatable bonds is 34. The van der Waals surface area contributed by atoms with E-state index in [1.165, 1.54) is 39.9 Å². The van der Waals surface area contributed by atoms with Gasteiger partial charge in [-0.3, -0.25) is 38.7 Å². The van der Waals surface area contributed by atoms with Crippen LogP contribution in [0.5, 0.6) is 0 Å². The van der Waals surface area contributed by atoms with Crippen molar-refractivity contribution >= 4 is 101 Å². The Morgan fingerprint density at radius 1 is 0.757 bits per heavy atom. The minimum absolute atomic E-state index is 0.00170. The van der Waals surface area contributed by atoms with Crippen LogP contribution in [0.4, 0.5) is 24.5 Å². The number of carbonyl (C=O) groups excluding carboxylic acids is 5. The van der Waals surface area contributed by atoms with Crippen LogP contribution >= 0.6 is 34.7 Å². The van der Waals surface area contributed by atoms with E-state index in [0.717, 1.165) is 147 Å². The number of nitrogens with zero attached hydrogens (tertiary/aromatic N) is 7. The number of anilines is 2. The highest BCUT2D eigenvalue weighted by Gasteiger charge is 2.49. The third-order valence-corrected chi connectivity index (χ3v) is 28.0. The van der Waals surface area contributed by atoms with Gasteiger partial charge in [0, 0.05) is 144 Å². The molecule has 6 unspecified atom stereocenters. The number of aromatic nitrogens is 1. The first-order valence-corrected chi connectivity index (χ1v) is 45.4. The predicted octanol–water partition coefficient (Wildman–Crippen LogP) is 13.3. The molecular formula is C85H111ClF3N11O11S4. The molecule has 1 aliphatic carbocycles. The number of carbonyl (C=O) groups is 5. The molecule has 115 heavy (non-hydrogen) atoms. The van der Waals surface area contributed by atoms with Gasteiger partial charge in [0.25, 0.3) is 25.8 Å². The molecule has 5 amide bonds. The summed E-state index contributed by atoms with van der Waals surface area (Å²) < 4.78 is 105. The Morgan fingerprint density at radius 3 is 2.04 bits per heavy atom. The third kappa shape index (κ3) is 24.2. The molecule has 624 valence electrons. The van der Waals surface area contributed by atoms with Crippen molar-refractivity contribution in [1.82, 2.24) is 44.8 Å². The van der Waals surface area contributed by atoms with Gasteiger partial charge in [-0.05, 0) is 152 Å².